The first-order valence-electron chi connectivity index (χ1n) is 25.0. The largest absolute Gasteiger partial charge is 1.00 e. The summed E-state index contributed by atoms with van der Waals surface area (Å²) in [5, 5.41) is 52.6. The van der Waals surface area contributed by atoms with Gasteiger partial charge in [0.1, 0.15) is 57.6 Å². The zero-order valence-electron chi connectivity index (χ0n) is 46.1. The second kappa shape index (κ2) is 22.8. The average Bonchev–Trinajstić information content (AvgIpc) is 4.23. The molecule has 2 aliphatic heterocycles. The molecule has 7 aromatic rings. The van der Waals surface area contributed by atoms with E-state index in [1.54, 1.807) is 53.7 Å². The van der Waals surface area contributed by atoms with Gasteiger partial charge in [-0.2, -0.15) is 0 Å². The number of aliphatic hydroxyl groups is 2. The number of H-pyrrole nitrogens is 3. The molecule has 26 heteroatoms. The van der Waals surface area contributed by atoms with Crippen molar-refractivity contribution in [2.45, 2.75) is 123 Å². The van der Waals surface area contributed by atoms with Crippen molar-refractivity contribution < 1.29 is 116 Å². The maximum Gasteiger partial charge on any atom is 1.00 e. The Morgan fingerprint density at radius 3 is 1.53 bits per heavy atom. The van der Waals surface area contributed by atoms with Gasteiger partial charge in [0.05, 0.1) is 22.2 Å². The number of aromatic amines is 3. The van der Waals surface area contributed by atoms with Crippen LogP contribution >= 0.6 is 0 Å². The van der Waals surface area contributed by atoms with Crippen LogP contribution < -0.4 is 66.0 Å². The van der Waals surface area contributed by atoms with Crippen LogP contribution in [0.2, 0.25) is 0 Å². The van der Waals surface area contributed by atoms with Crippen molar-refractivity contribution in [1.82, 2.24) is 15.0 Å². The number of rotatable bonds is 14. The summed E-state index contributed by atoms with van der Waals surface area (Å²) in [4.78, 5) is 88.9. The molecular weight excluding hydrogens is 1070 g/mol. The Balaban J connectivity index is 0.00000860. The Kier molecular flexibility index (Phi) is 16.8. The van der Waals surface area contributed by atoms with Gasteiger partial charge < -0.3 is 92.7 Å². The summed E-state index contributed by atoms with van der Waals surface area (Å²) >= 11 is 0. The summed E-state index contributed by atoms with van der Waals surface area (Å²) < 4.78 is 58.2. The molecule has 7 heterocycles. The number of aliphatic hydroxyl groups excluding tert-OH is 2. The first kappa shape index (κ1) is 59.7. The Morgan fingerprint density at radius 2 is 1.07 bits per heavy atom. The monoisotopic (exact) mass is 1130 g/mol. The van der Waals surface area contributed by atoms with E-state index in [0.717, 1.165) is 6.20 Å². The van der Waals surface area contributed by atoms with Crippen molar-refractivity contribution in [2.75, 3.05) is 24.9 Å². The molecule has 2 amide bonds. The zero-order valence-corrected chi connectivity index (χ0v) is 48.1. The number of aromatic nitrogens is 3. The summed E-state index contributed by atoms with van der Waals surface area (Å²) in [5.41, 5.74) is -4.99. The van der Waals surface area contributed by atoms with E-state index in [1.807, 2.05) is 0 Å². The van der Waals surface area contributed by atoms with E-state index in [4.69, 9.17) is 46.7 Å². The van der Waals surface area contributed by atoms with Gasteiger partial charge in [-0.25, -0.2) is 19.2 Å². The molecule has 2 fully saturated rings. The molecule has 0 radical (unpaired) electrons. The summed E-state index contributed by atoms with van der Waals surface area (Å²) in [7, 11) is 2.75. The molecule has 0 aliphatic carbocycles. The molecule has 2 saturated heterocycles. The number of aryl methyl sites for hydroxylation is 4. The molecule has 25 nitrogen and oxygen atoms in total. The maximum atomic E-state index is 13.8. The minimum Gasteiger partial charge on any atom is -0.870 e. The van der Waals surface area contributed by atoms with Gasteiger partial charge in [-0.1, -0.05) is 5.75 Å². The molecule has 0 spiro atoms. The van der Waals surface area contributed by atoms with E-state index in [-0.39, 0.29) is 102 Å². The second-order valence-electron chi connectivity index (χ2n) is 20.5. The van der Waals surface area contributed by atoms with E-state index in [0.29, 0.717) is 11.4 Å². The minimum absolute atomic E-state index is 0. The maximum absolute atomic E-state index is 13.8. The number of anilines is 2. The Hall–Kier alpha value is -7.46. The van der Waals surface area contributed by atoms with Crippen LogP contribution in [0.15, 0.2) is 73.2 Å². The van der Waals surface area contributed by atoms with Gasteiger partial charge in [-0.05, 0) is 116 Å². The van der Waals surface area contributed by atoms with Gasteiger partial charge in [0.25, 0.3) is 11.8 Å². The molecule has 5 aromatic heterocycles. The topological polar surface area (TPSA) is 358 Å². The number of amides is 2. The standard InChI is InChI=1S/C55H59N5O20.Na/c1-21-12-16-29(57-21)48(67)77-42-38(63)52(79-54(6,7)44(42)71-10)73-31-18-14-26-36(61)34(50(69)75-40(26)24(31)4)59-46(65)28-20-56-33(23(28)3)47(66)60-35-37(62)27-15-19-32(25(5)41(27)76-51(35)70)74-53-39(64)43(45(72-11)55(8,9)80-53)78-49(68)30-17-13-22(2)58-30;/h12-20,38-39,42-45,52-53,56-58,61-64H,1-11H3,(H,59,65)(H,60,66);/q;+1/p-1/t38-,39-,42+,43+,44-,45-,52+,53+;/m1./s1. The molecule has 2 aromatic carbocycles. The van der Waals surface area contributed by atoms with E-state index in [1.165, 1.54) is 71.4 Å². The van der Waals surface area contributed by atoms with Crippen molar-refractivity contribution in [3.63, 3.8) is 0 Å². The fourth-order valence-corrected chi connectivity index (χ4v) is 10.0. The summed E-state index contributed by atoms with van der Waals surface area (Å²) in [6.45, 7) is 14.5. The molecular formula is C55H58N5NaO20. The van der Waals surface area contributed by atoms with Gasteiger partial charge in [-0.15, -0.1) is 0 Å². The first-order valence-corrected chi connectivity index (χ1v) is 25.0. The van der Waals surface area contributed by atoms with Crippen LogP contribution in [0.3, 0.4) is 0 Å². The fourth-order valence-electron chi connectivity index (χ4n) is 10.0. The number of carbonyl (C=O) groups excluding carboxylic acids is 4. The number of aromatic hydroxyl groups is 1. The van der Waals surface area contributed by atoms with E-state index < -0.39 is 118 Å². The average molecular weight is 1130 g/mol. The van der Waals surface area contributed by atoms with Crippen LogP contribution in [-0.2, 0) is 28.4 Å². The van der Waals surface area contributed by atoms with Gasteiger partial charge in [0, 0.05) is 48.3 Å². The van der Waals surface area contributed by atoms with Crippen LogP contribution in [0.1, 0.15) is 97.6 Å². The predicted octanol–water partition coefficient (Wildman–Crippen LogP) is 1.94. The number of esters is 2. The second-order valence-corrected chi connectivity index (χ2v) is 20.5. The van der Waals surface area contributed by atoms with Gasteiger partial charge >= 0.3 is 52.7 Å². The van der Waals surface area contributed by atoms with Crippen LogP contribution in [-0.4, -0.2) is 129 Å². The van der Waals surface area contributed by atoms with E-state index in [9.17, 15) is 49.2 Å². The van der Waals surface area contributed by atoms with Gasteiger partial charge in [0.2, 0.25) is 12.6 Å². The number of ether oxygens (including phenoxy) is 8. The minimum atomic E-state index is -1.60. The number of fused-ring (bicyclic) bond motifs is 2. The normalized spacial score (nSPS) is 22.1. The number of carbonyl (C=O) groups is 4. The molecule has 2 aliphatic rings. The summed E-state index contributed by atoms with van der Waals surface area (Å²) in [6.07, 6.45) is -9.42. The Morgan fingerprint density at radius 1 is 0.630 bits per heavy atom. The molecule has 0 unspecified atom stereocenters. The van der Waals surface area contributed by atoms with Crippen molar-refractivity contribution in [1.29, 1.82) is 0 Å². The third-order valence-electron chi connectivity index (χ3n) is 14.2. The number of benzene rings is 2. The van der Waals surface area contributed by atoms with Crippen LogP contribution in [0, 0.1) is 34.6 Å². The third kappa shape index (κ3) is 11.2. The smallest absolute Gasteiger partial charge is 0.870 e. The quantitative estimate of drug-likeness (QED) is 0.0438. The van der Waals surface area contributed by atoms with Crippen molar-refractivity contribution >= 4 is 57.1 Å². The predicted molar refractivity (Wildman–Crippen MR) is 279 cm³/mol. The third-order valence-corrected chi connectivity index (χ3v) is 14.2. The molecule has 9 rings (SSSR count). The van der Waals surface area contributed by atoms with E-state index in [2.05, 4.69) is 25.6 Å². The molecule has 81 heavy (non-hydrogen) atoms. The zero-order chi connectivity index (χ0) is 58.0. The van der Waals surface area contributed by atoms with Crippen LogP contribution in [0.5, 0.6) is 23.0 Å². The van der Waals surface area contributed by atoms with Crippen LogP contribution in [0.4, 0.5) is 11.4 Å². The molecule has 0 bridgehead atoms. The summed E-state index contributed by atoms with van der Waals surface area (Å²) in [6, 6.07) is 11.8. The van der Waals surface area contributed by atoms with Crippen molar-refractivity contribution in [3.8, 4) is 23.0 Å². The number of hydrogen-bond donors (Lipinski definition) is 8. The van der Waals surface area contributed by atoms with Gasteiger partial charge in [0.15, 0.2) is 35.9 Å². The fraction of sp³-hybridized carbons (Fsp3) is 0.382. The molecule has 8 atom stereocenters. The molecule has 8 N–H and O–H groups in total. The summed E-state index contributed by atoms with van der Waals surface area (Å²) in [5.74, 6) is -5.06. The van der Waals surface area contributed by atoms with Crippen molar-refractivity contribution in [3.05, 3.63) is 126 Å². The Labute approximate surface area is 482 Å². The van der Waals surface area contributed by atoms with Crippen molar-refractivity contribution in [2.24, 2.45) is 0 Å². The number of nitrogens with one attached hydrogen (secondary N) is 5. The van der Waals surface area contributed by atoms with Crippen LogP contribution in [0.25, 0.3) is 21.9 Å². The number of hydrogen-bond acceptors (Lipinski definition) is 20. The number of methoxy groups -OCH3 is 2. The molecule has 0 saturated carbocycles. The van der Waals surface area contributed by atoms with Gasteiger partial charge in [-0.3, -0.25) is 9.59 Å². The Bertz CT molecular complexity index is 3490. The first-order chi connectivity index (χ1) is 37.7. The SMILES string of the molecule is CO[C@@H]1[C@@H](OC(=O)c2ccc(C)[nH]2)[C@@H](O)[C@@H](Oc2ccc3c([O-])c(NC(=O)c4c[nH]c(C(=O)Nc5c(O)c6ccc(O[C@H]7OC(C)(C)[C@H](OC)[C@@H](OC(=O)c8ccc(C)[nH]8)[C@H]7O)c(C)c6oc5=O)c4C)c(=O)oc3c2C)OC1(C)C.[Na+]. The van der Waals surface area contributed by atoms with E-state index >= 15 is 0 Å². The molecule has 424 valence electrons.